The van der Waals surface area contributed by atoms with Crippen molar-refractivity contribution in [2.75, 3.05) is 0 Å². The Balaban J connectivity index is 1.94. The number of aliphatic hydroxyl groups excluding tert-OH is 1. The molecule has 1 N–H and O–H groups in total. The van der Waals surface area contributed by atoms with Gasteiger partial charge < -0.3 is 9.67 Å². The Kier molecular flexibility index (Phi) is 3.15. The second kappa shape index (κ2) is 4.82. The summed E-state index contributed by atoms with van der Waals surface area (Å²) in [5.41, 5.74) is 1.93. The maximum atomic E-state index is 12.6. The minimum absolute atomic E-state index is 0.0780. The van der Waals surface area contributed by atoms with E-state index in [4.69, 9.17) is 0 Å². The number of nitrogens with zero attached hydrogens (tertiary/aromatic N) is 1. The molecule has 0 atom stereocenters. The Morgan fingerprint density at radius 1 is 1.21 bits per heavy atom. The average Bonchev–Trinajstić information content (AvgIpc) is 2.77. The molecule has 3 heteroatoms. The van der Waals surface area contributed by atoms with E-state index in [0.717, 1.165) is 42.1 Å². The van der Waals surface area contributed by atoms with Gasteiger partial charge in [0.2, 0.25) is 0 Å². The maximum absolute atomic E-state index is 12.6. The van der Waals surface area contributed by atoms with Gasteiger partial charge in [-0.05, 0) is 31.7 Å². The quantitative estimate of drug-likeness (QED) is 0.840. The number of aromatic nitrogens is 1. The summed E-state index contributed by atoms with van der Waals surface area (Å²) >= 11 is 0. The predicted molar refractivity (Wildman–Crippen MR) is 75.2 cm³/mol. The molecule has 1 aromatic heterocycles. The summed E-state index contributed by atoms with van der Waals surface area (Å²) in [7, 11) is 1.98. The first kappa shape index (κ1) is 12.4. The normalized spacial score (nSPS) is 23.7. The van der Waals surface area contributed by atoms with E-state index in [0.29, 0.717) is 0 Å². The lowest BCUT2D eigenvalue weighted by molar-refractivity contribution is 0.0766. The lowest BCUT2D eigenvalue weighted by atomic mass is 9.82. The van der Waals surface area contributed by atoms with Crippen molar-refractivity contribution in [2.24, 2.45) is 13.0 Å². The van der Waals surface area contributed by atoms with Gasteiger partial charge in [-0.15, -0.1) is 0 Å². The molecule has 1 heterocycles. The Morgan fingerprint density at radius 2 is 1.89 bits per heavy atom. The monoisotopic (exact) mass is 257 g/mol. The van der Waals surface area contributed by atoms with Crippen LogP contribution in [0.5, 0.6) is 0 Å². The third-order valence-corrected chi connectivity index (χ3v) is 4.23. The third kappa shape index (κ3) is 2.19. The summed E-state index contributed by atoms with van der Waals surface area (Å²) in [6.07, 6.45) is 4.85. The van der Waals surface area contributed by atoms with Crippen molar-refractivity contribution in [3.63, 3.8) is 0 Å². The second-order valence-electron chi connectivity index (χ2n) is 5.54. The number of hydrogen-bond acceptors (Lipinski definition) is 2. The van der Waals surface area contributed by atoms with Crippen LogP contribution in [0.1, 0.15) is 36.0 Å². The molecule has 0 saturated heterocycles. The molecular formula is C16H19NO2. The van der Waals surface area contributed by atoms with E-state index in [9.17, 15) is 9.90 Å². The van der Waals surface area contributed by atoms with Gasteiger partial charge in [0.25, 0.3) is 0 Å². The van der Waals surface area contributed by atoms with E-state index in [1.54, 1.807) is 0 Å². The zero-order valence-corrected chi connectivity index (χ0v) is 11.2. The third-order valence-electron chi connectivity index (χ3n) is 4.23. The van der Waals surface area contributed by atoms with Crippen molar-refractivity contribution in [3.05, 3.63) is 36.0 Å². The number of carbonyl (C=O) groups is 1. The highest BCUT2D eigenvalue weighted by Gasteiger charge is 2.27. The highest BCUT2D eigenvalue weighted by Crippen LogP contribution is 2.30. The Morgan fingerprint density at radius 3 is 2.63 bits per heavy atom. The summed E-state index contributed by atoms with van der Waals surface area (Å²) in [6.45, 7) is 0. The minimum atomic E-state index is -0.212. The van der Waals surface area contributed by atoms with Crippen LogP contribution in [0.15, 0.2) is 30.5 Å². The number of aryl methyl sites for hydroxylation is 1. The smallest absolute Gasteiger partial charge is 0.168 e. The molecular weight excluding hydrogens is 238 g/mol. The summed E-state index contributed by atoms with van der Waals surface area (Å²) in [6, 6.07) is 8.02. The molecule has 0 unspecified atom stereocenters. The summed E-state index contributed by atoms with van der Waals surface area (Å²) in [5, 5.41) is 10.6. The van der Waals surface area contributed by atoms with E-state index in [1.807, 2.05) is 42.1 Å². The maximum Gasteiger partial charge on any atom is 0.168 e. The van der Waals surface area contributed by atoms with E-state index in [-0.39, 0.29) is 17.8 Å². The fourth-order valence-electron chi connectivity index (χ4n) is 3.10. The van der Waals surface area contributed by atoms with Gasteiger partial charge in [0.15, 0.2) is 5.78 Å². The molecule has 0 amide bonds. The zero-order chi connectivity index (χ0) is 13.4. The van der Waals surface area contributed by atoms with Crippen LogP contribution in [0.25, 0.3) is 10.9 Å². The molecule has 1 saturated carbocycles. The van der Waals surface area contributed by atoms with Crippen LogP contribution in [0.4, 0.5) is 0 Å². The number of aliphatic hydroxyl groups is 1. The van der Waals surface area contributed by atoms with E-state index < -0.39 is 0 Å². The molecule has 1 aliphatic carbocycles. The average molecular weight is 257 g/mol. The first-order valence-corrected chi connectivity index (χ1v) is 6.93. The fourth-order valence-corrected chi connectivity index (χ4v) is 3.10. The van der Waals surface area contributed by atoms with Gasteiger partial charge in [0.1, 0.15) is 0 Å². The second-order valence-corrected chi connectivity index (χ2v) is 5.54. The lowest BCUT2D eigenvalue weighted by Crippen LogP contribution is -2.24. The van der Waals surface area contributed by atoms with Crippen molar-refractivity contribution in [1.29, 1.82) is 0 Å². The number of benzene rings is 1. The number of rotatable bonds is 2. The molecule has 1 fully saturated rings. The number of para-hydroxylation sites is 1. The Bertz CT molecular complexity index is 606. The number of ketones is 1. The minimum Gasteiger partial charge on any atom is -0.393 e. The molecule has 1 aliphatic rings. The first-order chi connectivity index (χ1) is 9.16. The zero-order valence-electron chi connectivity index (χ0n) is 11.2. The SMILES string of the molecule is Cn1cc(C(=O)C2CCC(O)CC2)c2ccccc21. The van der Waals surface area contributed by atoms with E-state index >= 15 is 0 Å². The Labute approximate surface area is 112 Å². The molecule has 100 valence electrons. The predicted octanol–water partition coefficient (Wildman–Crippen LogP) is 2.91. The molecule has 0 spiro atoms. The van der Waals surface area contributed by atoms with Gasteiger partial charge in [-0.2, -0.15) is 0 Å². The summed E-state index contributed by atoms with van der Waals surface area (Å²) in [5.74, 6) is 0.318. The number of carbonyl (C=O) groups excluding carboxylic acids is 1. The number of fused-ring (bicyclic) bond motifs is 1. The lowest BCUT2D eigenvalue weighted by Gasteiger charge is -2.24. The van der Waals surface area contributed by atoms with Crippen molar-refractivity contribution >= 4 is 16.7 Å². The topological polar surface area (TPSA) is 42.2 Å². The molecule has 1 aromatic carbocycles. The highest BCUT2D eigenvalue weighted by atomic mass is 16.3. The van der Waals surface area contributed by atoms with Crippen LogP contribution in [-0.2, 0) is 7.05 Å². The fraction of sp³-hybridized carbons (Fsp3) is 0.438. The first-order valence-electron chi connectivity index (χ1n) is 6.93. The number of hydrogen-bond donors (Lipinski definition) is 1. The summed E-state index contributed by atoms with van der Waals surface area (Å²) in [4.78, 5) is 12.6. The Hall–Kier alpha value is -1.61. The number of Topliss-reactive ketones (excluding diaryl/α,β-unsaturated/α-hetero) is 1. The standard InChI is InChI=1S/C16H19NO2/c1-17-10-14(13-4-2-3-5-15(13)17)16(19)11-6-8-12(18)9-7-11/h2-5,10-12,18H,6-9H2,1H3. The molecule has 3 nitrogen and oxygen atoms in total. The van der Waals surface area contributed by atoms with E-state index in [1.165, 1.54) is 0 Å². The molecule has 0 aliphatic heterocycles. The van der Waals surface area contributed by atoms with Crippen LogP contribution in [-0.4, -0.2) is 21.6 Å². The van der Waals surface area contributed by atoms with Crippen LogP contribution in [0, 0.1) is 5.92 Å². The molecule has 3 rings (SSSR count). The molecule has 2 aromatic rings. The van der Waals surface area contributed by atoms with Gasteiger partial charge in [0.05, 0.1) is 6.10 Å². The molecule has 19 heavy (non-hydrogen) atoms. The van der Waals surface area contributed by atoms with Crippen molar-refractivity contribution < 1.29 is 9.90 Å². The van der Waals surface area contributed by atoms with Crippen molar-refractivity contribution in [1.82, 2.24) is 4.57 Å². The van der Waals surface area contributed by atoms with Gasteiger partial charge in [-0.25, -0.2) is 0 Å². The van der Waals surface area contributed by atoms with Gasteiger partial charge in [-0.3, -0.25) is 4.79 Å². The highest BCUT2D eigenvalue weighted by molar-refractivity contribution is 6.09. The molecule has 0 radical (unpaired) electrons. The van der Waals surface area contributed by atoms with Crippen molar-refractivity contribution in [2.45, 2.75) is 31.8 Å². The van der Waals surface area contributed by atoms with Gasteiger partial charge in [0, 0.05) is 35.6 Å². The van der Waals surface area contributed by atoms with Crippen LogP contribution < -0.4 is 0 Å². The van der Waals surface area contributed by atoms with Crippen LogP contribution >= 0.6 is 0 Å². The van der Waals surface area contributed by atoms with Crippen molar-refractivity contribution in [3.8, 4) is 0 Å². The van der Waals surface area contributed by atoms with Gasteiger partial charge in [-0.1, -0.05) is 18.2 Å². The summed E-state index contributed by atoms with van der Waals surface area (Å²) < 4.78 is 2.01. The van der Waals surface area contributed by atoms with Crippen LogP contribution in [0.2, 0.25) is 0 Å². The largest absolute Gasteiger partial charge is 0.393 e. The van der Waals surface area contributed by atoms with E-state index in [2.05, 4.69) is 0 Å². The van der Waals surface area contributed by atoms with Gasteiger partial charge >= 0.3 is 0 Å². The van der Waals surface area contributed by atoms with Crippen LogP contribution in [0.3, 0.4) is 0 Å². The molecule has 0 bridgehead atoms.